The summed E-state index contributed by atoms with van der Waals surface area (Å²) in [7, 11) is 0. The lowest BCUT2D eigenvalue weighted by atomic mass is 10.0. The molecule has 2 rings (SSSR count). The number of thioether (sulfide) groups is 1. The van der Waals surface area contributed by atoms with Gasteiger partial charge in [-0.3, -0.25) is 0 Å². The average Bonchev–Trinajstić information content (AvgIpc) is 2.44. The van der Waals surface area contributed by atoms with Gasteiger partial charge in [0.1, 0.15) is 23.7 Å². The summed E-state index contributed by atoms with van der Waals surface area (Å²) in [6.45, 7) is 2.15. The van der Waals surface area contributed by atoms with Crippen LogP contribution in [-0.4, -0.2) is 46.3 Å². The highest BCUT2D eigenvalue weighted by atomic mass is 32.2. The predicted molar refractivity (Wildman–Crippen MR) is 74.9 cm³/mol. The number of aliphatic hydroxyl groups excluding tert-OH is 2. The first kappa shape index (κ1) is 14.8. The molecule has 19 heavy (non-hydrogen) atoms. The molecule has 0 amide bonds. The lowest BCUT2D eigenvalue weighted by molar-refractivity contribution is -0.210. The van der Waals surface area contributed by atoms with Gasteiger partial charge in [-0.2, -0.15) is 0 Å². The fourth-order valence-electron chi connectivity index (χ4n) is 2.14. The topological polar surface area (TPSA) is 58.9 Å². The van der Waals surface area contributed by atoms with Crippen LogP contribution in [0.25, 0.3) is 0 Å². The minimum Gasteiger partial charge on any atom is -0.388 e. The summed E-state index contributed by atoms with van der Waals surface area (Å²) >= 11 is 1.48. The van der Waals surface area contributed by atoms with Crippen LogP contribution in [0, 0.1) is 0 Å². The summed E-state index contributed by atoms with van der Waals surface area (Å²) in [6.07, 6.45) is -0.847. The highest BCUT2D eigenvalue weighted by Crippen LogP contribution is 2.29. The maximum Gasteiger partial charge on any atom is 0.132 e. The second kappa shape index (κ2) is 6.72. The molecule has 0 saturated carbocycles. The molecule has 1 aliphatic rings. The summed E-state index contributed by atoms with van der Waals surface area (Å²) < 4.78 is 11.4. The van der Waals surface area contributed by atoms with Gasteiger partial charge in [-0.05, 0) is 18.7 Å². The van der Waals surface area contributed by atoms with Crippen molar-refractivity contribution in [3.63, 3.8) is 0 Å². The van der Waals surface area contributed by atoms with Crippen molar-refractivity contribution in [3.8, 4) is 0 Å². The highest BCUT2D eigenvalue weighted by Gasteiger charge is 2.43. The summed E-state index contributed by atoms with van der Waals surface area (Å²) in [4.78, 5) is 0. The molecular weight excluding hydrogens is 264 g/mol. The van der Waals surface area contributed by atoms with Crippen LogP contribution in [-0.2, 0) is 16.1 Å². The van der Waals surface area contributed by atoms with Crippen LogP contribution < -0.4 is 0 Å². The minimum absolute atomic E-state index is 0.267. The zero-order chi connectivity index (χ0) is 13.8. The molecule has 1 fully saturated rings. The Balaban J connectivity index is 2.00. The van der Waals surface area contributed by atoms with Crippen LogP contribution in [0.2, 0.25) is 0 Å². The average molecular weight is 284 g/mol. The summed E-state index contributed by atoms with van der Waals surface area (Å²) in [5.74, 6) is 0. The molecule has 1 heterocycles. The van der Waals surface area contributed by atoms with Crippen molar-refractivity contribution in [3.05, 3.63) is 35.9 Å². The predicted octanol–water partition coefficient (Wildman–Crippen LogP) is 1.40. The summed E-state index contributed by atoms with van der Waals surface area (Å²) in [5, 5.41) is 20.0. The number of aliphatic hydroxyl groups is 2. The van der Waals surface area contributed by atoms with Gasteiger partial charge in [0.25, 0.3) is 0 Å². The molecule has 2 N–H and O–H groups in total. The third-order valence-corrected chi connectivity index (χ3v) is 4.15. The van der Waals surface area contributed by atoms with E-state index >= 15 is 0 Å². The number of ether oxygens (including phenoxy) is 2. The van der Waals surface area contributed by atoms with Gasteiger partial charge in [0.2, 0.25) is 0 Å². The molecule has 0 radical (unpaired) electrons. The van der Waals surface area contributed by atoms with E-state index in [1.165, 1.54) is 11.8 Å². The number of rotatable bonds is 4. The van der Waals surface area contributed by atoms with E-state index in [0.29, 0.717) is 6.61 Å². The molecule has 4 nitrogen and oxygen atoms in total. The zero-order valence-corrected chi connectivity index (χ0v) is 11.9. The van der Waals surface area contributed by atoms with Crippen LogP contribution in [0.5, 0.6) is 0 Å². The normalized spacial score (nSPS) is 35.3. The zero-order valence-electron chi connectivity index (χ0n) is 11.1. The van der Waals surface area contributed by atoms with Gasteiger partial charge in [-0.15, -0.1) is 11.8 Å². The van der Waals surface area contributed by atoms with E-state index in [2.05, 4.69) is 0 Å². The van der Waals surface area contributed by atoms with Crippen molar-refractivity contribution in [2.24, 2.45) is 0 Å². The fraction of sp³-hybridized carbons (Fsp3) is 0.571. The monoisotopic (exact) mass is 284 g/mol. The van der Waals surface area contributed by atoms with Crippen molar-refractivity contribution in [2.75, 3.05) is 6.26 Å². The van der Waals surface area contributed by atoms with Crippen molar-refractivity contribution in [1.29, 1.82) is 0 Å². The van der Waals surface area contributed by atoms with Crippen LogP contribution in [0.4, 0.5) is 0 Å². The maximum atomic E-state index is 10.1. The molecule has 5 heteroatoms. The van der Waals surface area contributed by atoms with Gasteiger partial charge in [0.15, 0.2) is 0 Å². The van der Waals surface area contributed by atoms with Crippen LogP contribution in [0.1, 0.15) is 12.5 Å². The molecule has 1 aromatic rings. The second-order valence-electron chi connectivity index (χ2n) is 4.69. The van der Waals surface area contributed by atoms with Gasteiger partial charge in [-0.25, -0.2) is 0 Å². The molecule has 1 aliphatic heterocycles. The molecule has 0 spiro atoms. The molecule has 0 aliphatic carbocycles. The number of hydrogen-bond acceptors (Lipinski definition) is 5. The van der Waals surface area contributed by atoms with Crippen molar-refractivity contribution in [2.45, 2.75) is 43.4 Å². The lowest BCUT2D eigenvalue weighted by Gasteiger charge is -2.40. The first-order chi connectivity index (χ1) is 9.13. The first-order valence-electron chi connectivity index (χ1n) is 6.33. The minimum atomic E-state index is -0.926. The van der Waals surface area contributed by atoms with Gasteiger partial charge in [0.05, 0.1) is 12.7 Å². The van der Waals surface area contributed by atoms with E-state index in [1.807, 2.05) is 36.6 Å². The van der Waals surface area contributed by atoms with Gasteiger partial charge in [-0.1, -0.05) is 30.3 Å². The van der Waals surface area contributed by atoms with E-state index in [1.54, 1.807) is 6.92 Å². The van der Waals surface area contributed by atoms with Crippen molar-refractivity contribution >= 4 is 11.8 Å². The maximum absolute atomic E-state index is 10.1. The summed E-state index contributed by atoms with van der Waals surface area (Å²) in [5.41, 5.74) is 0.764. The fourth-order valence-corrected chi connectivity index (χ4v) is 2.93. The van der Waals surface area contributed by atoms with E-state index in [0.717, 1.165) is 5.56 Å². The molecule has 1 aromatic carbocycles. The SMILES string of the molecule is CS[C@@H]1O[C@@H](C)[C@@H](O)[C@@H](O)[C@@H]1OCc1ccccc1. The van der Waals surface area contributed by atoms with E-state index in [9.17, 15) is 10.2 Å². The van der Waals surface area contributed by atoms with Gasteiger partial charge < -0.3 is 19.7 Å². The largest absolute Gasteiger partial charge is 0.388 e. The van der Waals surface area contributed by atoms with Crippen LogP contribution in [0.3, 0.4) is 0 Å². The molecule has 0 aromatic heterocycles. The molecule has 106 valence electrons. The smallest absolute Gasteiger partial charge is 0.132 e. The lowest BCUT2D eigenvalue weighted by Crippen LogP contribution is -2.56. The van der Waals surface area contributed by atoms with Crippen LogP contribution >= 0.6 is 11.8 Å². The Morgan fingerprint density at radius 2 is 1.89 bits per heavy atom. The number of hydrogen-bond donors (Lipinski definition) is 2. The standard InChI is InChI=1S/C14H20O4S/c1-9-11(15)12(16)13(14(18-9)19-2)17-8-10-6-4-3-5-7-10/h3-7,9,11-16H,8H2,1-2H3/t9-,11+,12+,13-,14-/m0/s1. The van der Waals surface area contributed by atoms with Gasteiger partial charge >= 0.3 is 0 Å². The Morgan fingerprint density at radius 3 is 2.53 bits per heavy atom. The highest BCUT2D eigenvalue weighted by molar-refractivity contribution is 7.99. The van der Waals surface area contributed by atoms with Crippen LogP contribution in [0.15, 0.2) is 30.3 Å². The van der Waals surface area contributed by atoms with E-state index in [4.69, 9.17) is 9.47 Å². The second-order valence-corrected chi connectivity index (χ2v) is 5.62. The molecule has 0 unspecified atom stereocenters. The number of benzene rings is 1. The van der Waals surface area contributed by atoms with Crippen molar-refractivity contribution < 1.29 is 19.7 Å². The molecule has 1 saturated heterocycles. The Bertz CT molecular complexity index is 384. The Morgan fingerprint density at radius 1 is 1.21 bits per heavy atom. The Hall–Kier alpha value is -0.590. The van der Waals surface area contributed by atoms with E-state index < -0.39 is 18.3 Å². The summed E-state index contributed by atoms with van der Waals surface area (Å²) in [6, 6.07) is 9.75. The first-order valence-corrected chi connectivity index (χ1v) is 7.62. The van der Waals surface area contributed by atoms with Gasteiger partial charge in [0, 0.05) is 0 Å². The van der Waals surface area contributed by atoms with Crippen molar-refractivity contribution in [1.82, 2.24) is 0 Å². The third kappa shape index (κ3) is 3.49. The van der Waals surface area contributed by atoms with E-state index in [-0.39, 0.29) is 11.5 Å². The Kier molecular flexibility index (Phi) is 5.24. The third-order valence-electron chi connectivity index (χ3n) is 3.30. The molecule has 0 bridgehead atoms. The Labute approximate surface area is 117 Å². The molecule has 5 atom stereocenters. The molecular formula is C14H20O4S. The quantitative estimate of drug-likeness (QED) is 0.875.